The first-order chi connectivity index (χ1) is 7.80. The number of amides is 1. The van der Waals surface area contributed by atoms with E-state index in [1.165, 1.54) is 0 Å². The molecule has 5 nitrogen and oxygen atoms in total. The Kier molecular flexibility index (Phi) is 4.91. The van der Waals surface area contributed by atoms with Gasteiger partial charge in [0.05, 0.1) is 12.6 Å². The molecule has 0 aliphatic carbocycles. The fourth-order valence-corrected chi connectivity index (χ4v) is 1.82. The predicted octanol–water partition coefficient (Wildman–Crippen LogP) is 0.628. The van der Waals surface area contributed by atoms with Crippen LogP contribution in [0.5, 0.6) is 0 Å². The maximum absolute atomic E-state index is 11.7. The molecule has 1 fully saturated rings. The Balaban J connectivity index is 2.25. The summed E-state index contributed by atoms with van der Waals surface area (Å²) in [4.78, 5) is 11.7. The summed E-state index contributed by atoms with van der Waals surface area (Å²) >= 11 is 0. The molecule has 1 aliphatic rings. The molecule has 1 rings (SSSR count). The summed E-state index contributed by atoms with van der Waals surface area (Å²) in [6, 6.07) is -0.440. The van der Waals surface area contributed by atoms with Crippen LogP contribution in [-0.2, 0) is 14.3 Å². The van der Waals surface area contributed by atoms with Gasteiger partial charge in [0.15, 0.2) is 5.79 Å². The van der Waals surface area contributed by atoms with E-state index in [0.717, 1.165) is 0 Å². The molecular weight excluding hydrogens is 220 g/mol. The molecule has 17 heavy (non-hydrogen) atoms. The van der Waals surface area contributed by atoms with Crippen LogP contribution in [0.25, 0.3) is 0 Å². The van der Waals surface area contributed by atoms with Crippen molar-refractivity contribution in [1.29, 1.82) is 0 Å². The molecule has 5 heteroatoms. The van der Waals surface area contributed by atoms with Crippen LogP contribution in [0.2, 0.25) is 0 Å². The van der Waals surface area contributed by atoms with Crippen molar-refractivity contribution < 1.29 is 14.3 Å². The summed E-state index contributed by atoms with van der Waals surface area (Å²) in [6.07, 6.45) is 0.611. The van der Waals surface area contributed by atoms with Crippen molar-refractivity contribution >= 4 is 5.91 Å². The second-order valence-corrected chi connectivity index (χ2v) is 5.43. The van der Waals surface area contributed by atoms with Crippen molar-refractivity contribution in [1.82, 2.24) is 5.32 Å². The van der Waals surface area contributed by atoms with E-state index >= 15 is 0 Å². The number of carbonyl (C=O) groups excluding carboxylic acids is 1. The summed E-state index contributed by atoms with van der Waals surface area (Å²) in [5.74, 6) is -0.247. The highest BCUT2D eigenvalue weighted by Crippen LogP contribution is 2.21. The van der Waals surface area contributed by atoms with Crippen LogP contribution in [0.4, 0.5) is 0 Å². The third kappa shape index (κ3) is 5.02. The first-order valence-electron chi connectivity index (χ1n) is 6.15. The van der Waals surface area contributed by atoms with E-state index in [9.17, 15) is 4.79 Å². The van der Waals surface area contributed by atoms with Crippen LogP contribution in [0.3, 0.4) is 0 Å². The summed E-state index contributed by atoms with van der Waals surface area (Å²) < 4.78 is 11.0. The second kappa shape index (κ2) is 5.80. The monoisotopic (exact) mass is 244 g/mol. The SMILES string of the molecule is CC(C)C[C@@H](N)C(=O)NCC1COC(C)(C)O1. The third-order valence-electron chi connectivity index (χ3n) is 2.63. The molecule has 3 N–H and O–H groups in total. The fourth-order valence-electron chi connectivity index (χ4n) is 1.82. The summed E-state index contributed by atoms with van der Waals surface area (Å²) in [7, 11) is 0. The average molecular weight is 244 g/mol. The molecule has 1 amide bonds. The molecule has 0 radical (unpaired) electrons. The first kappa shape index (κ1) is 14.4. The molecule has 0 saturated carbocycles. The molecule has 1 saturated heterocycles. The molecule has 1 heterocycles. The number of ether oxygens (including phenoxy) is 2. The van der Waals surface area contributed by atoms with Gasteiger partial charge in [-0.3, -0.25) is 4.79 Å². The lowest BCUT2D eigenvalue weighted by molar-refractivity contribution is -0.139. The Morgan fingerprint density at radius 1 is 1.53 bits per heavy atom. The quantitative estimate of drug-likeness (QED) is 0.744. The van der Waals surface area contributed by atoms with Gasteiger partial charge in [-0.05, 0) is 26.2 Å². The largest absolute Gasteiger partial charge is 0.352 e. The molecule has 2 atom stereocenters. The molecule has 0 spiro atoms. The summed E-state index contributed by atoms with van der Waals surface area (Å²) in [5.41, 5.74) is 5.77. The topological polar surface area (TPSA) is 73.6 Å². The highest BCUT2D eigenvalue weighted by molar-refractivity contribution is 5.81. The zero-order valence-electron chi connectivity index (χ0n) is 11.2. The Morgan fingerprint density at radius 2 is 2.18 bits per heavy atom. The van der Waals surface area contributed by atoms with Crippen molar-refractivity contribution in [3.63, 3.8) is 0 Å². The van der Waals surface area contributed by atoms with Gasteiger partial charge in [-0.25, -0.2) is 0 Å². The summed E-state index contributed by atoms with van der Waals surface area (Å²) in [6.45, 7) is 8.77. The highest BCUT2D eigenvalue weighted by atomic mass is 16.7. The van der Waals surface area contributed by atoms with E-state index in [1.807, 2.05) is 27.7 Å². The van der Waals surface area contributed by atoms with Crippen molar-refractivity contribution in [2.75, 3.05) is 13.2 Å². The number of hydrogen-bond donors (Lipinski definition) is 2. The number of rotatable bonds is 5. The van der Waals surface area contributed by atoms with E-state index in [1.54, 1.807) is 0 Å². The van der Waals surface area contributed by atoms with Crippen LogP contribution in [0.15, 0.2) is 0 Å². The fraction of sp³-hybridized carbons (Fsp3) is 0.917. The normalized spacial score (nSPS) is 24.9. The van der Waals surface area contributed by atoms with Crippen LogP contribution < -0.4 is 11.1 Å². The Bertz CT molecular complexity index is 266. The van der Waals surface area contributed by atoms with Crippen molar-refractivity contribution in [3.8, 4) is 0 Å². The number of nitrogens with two attached hydrogens (primary N) is 1. The Labute approximate surface area is 103 Å². The molecule has 0 aromatic rings. The average Bonchev–Trinajstić information content (AvgIpc) is 2.53. The van der Waals surface area contributed by atoms with Crippen LogP contribution >= 0.6 is 0 Å². The van der Waals surface area contributed by atoms with Crippen molar-refractivity contribution in [2.24, 2.45) is 11.7 Å². The van der Waals surface area contributed by atoms with Gasteiger partial charge < -0.3 is 20.5 Å². The van der Waals surface area contributed by atoms with Gasteiger partial charge in [-0.1, -0.05) is 13.8 Å². The number of nitrogens with one attached hydrogen (secondary N) is 1. The maximum atomic E-state index is 11.7. The number of carbonyl (C=O) groups is 1. The lowest BCUT2D eigenvalue weighted by Crippen LogP contribution is -2.44. The molecule has 1 unspecified atom stereocenters. The van der Waals surface area contributed by atoms with E-state index < -0.39 is 11.8 Å². The van der Waals surface area contributed by atoms with Crippen molar-refractivity contribution in [3.05, 3.63) is 0 Å². The zero-order chi connectivity index (χ0) is 13.1. The van der Waals surface area contributed by atoms with Gasteiger partial charge in [0.1, 0.15) is 6.10 Å². The van der Waals surface area contributed by atoms with Gasteiger partial charge in [0, 0.05) is 6.54 Å². The molecule has 0 aromatic carbocycles. The van der Waals surface area contributed by atoms with Gasteiger partial charge >= 0.3 is 0 Å². The lowest BCUT2D eigenvalue weighted by atomic mass is 10.0. The van der Waals surface area contributed by atoms with Crippen LogP contribution in [0.1, 0.15) is 34.1 Å². The Morgan fingerprint density at radius 3 is 2.65 bits per heavy atom. The molecule has 0 aromatic heterocycles. The molecule has 0 bridgehead atoms. The molecule has 1 aliphatic heterocycles. The van der Waals surface area contributed by atoms with E-state index in [-0.39, 0.29) is 12.0 Å². The van der Waals surface area contributed by atoms with E-state index in [2.05, 4.69) is 5.32 Å². The standard InChI is InChI=1S/C12H24N2O3/c1-8(2)5-10(13)11(15)14-6-9-7-16-12(3,4)17-9/h8-10H,5-7,13H2,1-4H3,(H,14,15)/t9?,10-/m1/s1. The second-order valence-electron chi connectivity index (χ2n) is 5.43. The smallest absolute Gasteiger partial charge is 0.237 e. The van der Waals surface area contributed by atoms with Crippen molar-refractivity contribution in [2.45, 2.75) is 52.0 Å². The van der Waals surface area contributed by atoms with Crippen LogP contribution in [0, 0.1) is 5.92 Å². The van der Waals surface area contributed by atoms with E-state index in [4.69, 9.17) is 15.2 Å². The highest BCUT2D eigenvalue weighted by Gasteiger charge is 2.32. The maximum Gasteiger partial charge on any atom is 0.237 e. The molecule has 100 valence electrons. The predicted molar refractivity (Wildman–Crippen MR) is 65.3 cm³/mol. The van der Waals surface area contributed by atoms with Gasteiger partial charge in [-0.2, -0.15) is 0 Å². The van der Waals surface area contributed by atoms with Gasteiger partial charge in [-0.15, -0.1) is 0 Å². The molecular formula is C12H24N2O3. The zero-order valence-corrected chi connectivity index (χ0v) is 11.2. The minimum Gasteiger partial charge on any atom is -0.352 e. The number of hydrogen-bond acceptors (Lipinski definition) is 4. The minimum atomic E-state index is -0.546. The first-order valence-corrected chi connectivity index (χ1v) is 6.15. The lowest BCUT2D eigenvalue weighted by Gasteiger charge is -2.18. The van der Waals surface area contributed by atoms with E-state index in [0.29, 0.717) is 25.5 Å². The van der Waals surface area contributed by atoms with Gasteiger partial charge in [0.25, 0.3) is 0 Å². The summed E-state index contributed by atoms with van der Waals surface area (Å²) in [5, 5.41) is 2.80. The minimum absolute atomic E-state index is 0.0831. The van der Waals surface area contributed by atoms with Crippen LogP contribution in [-0.4, -0.2) is 37.0 Å². The third-order valence-corrected chi connectivity index (χ3v) is 2.63. The van der Waals surface area contributed by atoms with Gasteiger partial charge in [0.2, 0.25) is 5.91 Å². The Hall–Kier alpha value is -0.650.